The van der Waals surface area contributed by atoms with E-state index in [0.29, 0.717) is 6.61 Å². The van der Waals surface area contributed by atoms with Crippen LogP contribution in [0.1, 0.15) is 23.6 Å². The van der Waals surface area contributed by atoms with Crippen molar-refractivity contribution in [3.8, 4) is 5.75 Å². The van der Waals surface area contributed by atoms with Crippen LogP contribution in [-0.4, -0.2) is 19.6 Å². The number of hydrogen-bond donors (Lipinski definition) is 1. The van der Waals surface area contributed by atoms with Crippen molar-refractivity contribution < 1.29 is 9.53 Å². The van der Waals surface area contributed by atoms with Gasteiger partial charge in [0.2, 0.25) is 5.91 Å². The van der Waals surface area contributed by atoms with Gasteiger partial charge in [-0.2, -0.15) is 0 Å². The minimum atomic E-state index is -0.136. The van der Waals surface area contributed by atoms with Gasteiger partial charge in [0.1, 0.15) is 5.75 Å². The first-order valence-electron chi connectivity index (χ1n) is 6.15. The molecule has 1 aromatic carbocycles. The molecule has 1 unspecified atom stereocenters. The molecule has 2 rings (SSSR count). The summed E-state index contributed by atoms with van der Waals surface area (Å²) in [7, 11) is 1.80. The average Bonchev–Trinajstić information content (AvgIpc) is 2.46. The van der Waals surface area contributed by atoms with Crippen LogP contribution in [0.5, 0.6) is 5.75 Å². The molecule has 1 aliphatic heterocycles. The number of hydrogen-bond acceptors (Lipinski definition) is 3. The molecule has 0 aliphatic carbocycles. The molecular weight excluding hydrogens is 228 g/mol. The van der Waals surface area contributed by atoms with Crippen molar-refractivity contribution in [3.63, 3.8) is 0 Å². The maximum Gasteiger partial charge on any atom is 0.233 e. The van der Waals surface area contributed by atoms with Crippen molar-refractivity contribution >= 4 is 17.3 Å². The SMILES string of the molecule is Cc1c(C)c2c(c(C)c1N)OCC(C)C(=O)N2C. The molecule has 1 amide bonds. The van der Waals surface area contributed by atoms with Crippen molar-refractivity contribution in [2.24, 2.45) is 5.92 Å². The number of benzene rings is 1. The zero-order valence-electron chi connectivity index (χ0n) is 11.6. The van der Waals surface area contributed by atoms with Gasteiger partial charge < -0.3 is 15.4 Å². The van der Waals surface area contributed by atoms with Crippen LogP contribution in [0, 0.1) is 26.7 Å². The van der Waals surface area contributed by atoms with E-state index in [1.807, 2.05) is 27.7 Å². The Morgan fingerprint density at radius 2 is 1.83 bits per heavy atom. The number of rotatable bonds is 0. The second-order valence-corrected chi connectivity index (χ2v) is 5.08. The molecule has 1 heterocycles. The number of carbonyl (C=O) groups excluding carboxylic acids is 1. The van der Waals surface area contributed by atoms with E-state index in [4.69, 9.17) is 10.5 Å². The Kier molecular flexibility index (Phi) is 2.97. The van der Waals surface area contributed by atoms with E-state index < -0.39 is 0 Å². The van der Waals surface area contributed by atoms with E-state index in [-0.39, 0.29) is 11.8 Å². The first-order chi connectivity index (χ1) is 8.36. The highest BCUT2D eigenvalue weighted by Crippen LogP contribution is 2.42. The molecule has 4 heteroatoms. The van der Waals surface area contributed by atoms with Gasteiger partial charge >= 0.3 is 0 Å². The van der Waals surface area contributed by atoms with Crippen LogP contribution in [0.15, 0.2) is 0 Å². The Labute approximate surface area is 108 Å². The molecule has 0 spiro atoms. The lowest BCUT2D eigenvalue weighted by Gasteiger charge is -2.23. The fraction of sp³-hybridized carbons (Fsp3) is 0.500. The molecule has 0 fully saturated rings. The van der Waals surface area contributed by atoms with E-state index in [9.17, 15) is 4.79 Å². The van der Waals surface area contributed by atoms with Gasteiger partial charge in [0.25, 0.3) is 0 Å². The zero-order chi connectivity index (χ0) is 13.6. The molecule has 0 saturated heterocycles. The number of anilines is 2. The van der Waals surface area contributed by atoms with Gasteiger partial charge in [0, 0.05) is 18.3 Å². The third-order valence-electron chi connectivity index (χ3n) is 3.85. The number of nitrogens with two attached hydrogens (primary N) is 1. The summed E-state index contributed by atoms with van der Waals surface area (Å²) in [6.45, 7) is 8.18. The van der Waals surface area contributed by atoms with Crippen LogP contribution in [0.4, 0.5) is 11.4 Å². The highest BCUT2D eigenvalue weighted by molar-refractivity contribution is 5.98. The lowest BCUT2D eigenvalue weighted by Crippen LogP contribution is -2.32. The quantitative estimate of drug-likeness (QED) is 0.716. The van der Waals surface area contributed by atoms with Crippen molar-refractivity contribution in [2.45, 2.75) is 27.7 Å². The molecule has 4 nitrogen and oxygen atoms in total. The monoisotopic (exact) mass is 248 g/mol. The van der Waals surface area contributed by atoms with Crippen molar-refractivity contribution in [1.82, 2.24) is 0 Å². The van der Waals surface area contributed by atoms with Crippen LogP contribution < -0.4 is 15.4 Å². The van der Waals surface area contributed by atoms with Gasteiger partial charge in [-0.25, -0.2) is 0 Å². The molecule has 98 valence electrons. The Hall–Kier alpha value is -1.71. The predicted octanol–water partition coefficient (Wildman–Crippen LogP) is 2.19. The lowest BCUT2D eigenvalue weighted by atomic mass is 9.99. The summed E-state index contributed by atoms with van der Waals surface area (Å²) in [5.74, 6) is 0.693. The molecule has 1 aromatic rings. The number of fused-ring (bicyclic) bond motifs is 1. The number of ether oxygens (including phenoxy) is 1. The fourth-order valence-corrected chi connectivity index (χ4v) is 2.43. The van der Waals surface area contributed by atoms with Gasteiger partial charge in [-0.1, -0.05) is 6.92 Å². The average molecular weight is 248 g/mol. The van der Waals surface area contributed by atoms with E-state index in [2.05, 4.69) is 0 Å². The smallest absolute Gasteiger partial charge is 0.233 e. The van der Waals surface area contributed by atoms with Crippen molar-refractivity contribution in [2.75, 3.05) is 24.3 Å². The Balaban J connectivity index is 2.74. The van der Waals surface area contributed by atoms with Crippen molar-refractivity contribution in [1.29, 1.82) is 0 Å². The summed E-state index contributed by atoms with van der Waals surface area (Å²) in [5, 5.41) is 0. The largest absolute Gasteiger partial charge is 0.490 e. The normalized spacial score (nSPS) is 19.3. The lowest BCUT2D eigenvalue weighted by molar-refractivity contribution is -0.122. The molecule has 18 heavy (non-hydrogen) atoms. The second kappa shape index (κ2) is 4.19. The summed E-state index contributed by atoms with van der Waals surface area (Å²) in [4.78, 5) is 13.9. The van der Waals surface area contributed by atoms with Crippen LogP contribution in [0.25, 0.3) is 0 Å². The van der Waals surface area contributed by atoms with Crippen LogP contribution in [0.2, 0.25) is 0 Å². The maximum atomic E-state index is 12.2. The number of carbonyl (C=O) groups is 1. The van der Waals surface area contributed by atoms with E-state index in [1.165, 1.54) is 0 Å². The summed E-state index contributed by atoms with van der Waals surface area (Å²) < 4.78 is 5.81. The third-order valence-corrected chi connectivity index (χ3v) is 3.85. The van der Waals surface area contributed by atoms with Crippen LogP contribution in [-0.2, 0) is 4.79 Å². The number of nitrogens with zero attached hydrogens (tertiary/aromatic N) is 1. The highest BCUT2D eigenvalue weighted by atomic mass is 16.5. The first kappa shape index (κ1) is 12.7. The molecule has 1 atom stereocenters. The van der Waals surface area contributed by atoms with Gasteiger partial charge in [0.05, 0.1) is 18.2 Å². The number of amides is 1. The fourth-order valence-electron chi connectivity index (χ4n) is 2.43. The molecule has 0 saturated carbocycles. The van der Waals surface area contributed by atoms with Crippen LogP contribution >= 0.6 is 0 Å². The zero-order valence-corrected chi connectivity index (χ0v) is 11.6. The Morgan fingerprint density at radius 3 is 2.44 bits per heavy atom. The summed E-state index contributed by atoms with van der Waals surface area (Å²) in [5.41, 5.74) is 10.6. The standard InChI is InChI=1S/C14H20N2O2/c1-7-6-18-13-10(4)11(15)8(2)9(3)12(13)16(5)14(7)17/h7H,6,15H2,1-5H3. The summed E-state index contributed by atoms with van der Waals surface area (Å²) >= 11 is 0. The molecule has 0 bridgehead atoms. The minimum Gasteiger partial charge on any atom is -0.490 e. The summed E-state index contributed by atoms with van der Waals surface area (Å²) in [6, 6.07) is 0. The Morgan fingerprint density at radius 1 is 1.22 bits per heavy atom. The topological polar surface area (TPSA) is 55.6 Å². The van der Waals surface area contributed by atoms with Gasteiger partial charge in [-0.15, -0.1) is 0 Å². The van der Waals surface area contributed by atoms with Crippen LogP contribution in [0.3, 0.4) is 0 Å². The van der Waals surface area contributed by atoms with Crippen molar-refractivity contribution in [3.05, 3.63) is 16.7 Å². The van der Waals surface area contributed by atoms with E-state index >= 15 is 0 Å². The molecule has 0 aromatic heterocycles. The van der Waals surface area contributed by atoms with E-state index in [1.54, 1.807) is 11.9 Å². The Bertz CT molecular complexity index is 523. The minimum absolute atomic E-state index is 0.0837. The van der Waals surface area contributed by atoms with Gasteiger partial charge in [-0.3, -0.25) is 4.79 Å². The highest BCUT2D eigenvalue weighted by Gasteiger charge is 2.30. The predicted molar refractivity (Wildman–Crippen MR) is 73.1 cm³/mol. The summed E-state index contributed by atoms with van der Waals surface area (Å²) in [6.07, 6.45) is 0. The maximum absolute atomic E-state index is 12.2. The molecular formula is C14H20N2O2. The van der Waals surface area contributed by atoms with Gasteiger partial charge in [-0.05, 0) is 31.9 Å². The molecule has 2 N–H and O–H groups in total. The third kappa shape index (κ3) is 1.64. The molecule has 0 radical (unpaired) electrons. The van der Waals surface area contributed by atoms with E-state index in [0.717, 1.165) is 33.8 Å². The molecule has 1 aliphatic rings. The first-order valence-corrected chi connectivity index (χ1v) is 6.15. The second-order valence-electron chi connectivity index (χ2n) is 5.08. The number of nitrogen functional groups attached to an aromatic ring is 1. The van der Waals surface area contributed by atoms with Gasteiger partial charge in [0.15, 0.2) is 0 Å².